The molecule has 1 aliphatic heterocycles. The van der Waals surface area contributed by atoms with Crippen molar-refractivity contribution in [3.63, 3.8) is 0 Å². The standard InChI is InChI=1S/C16H19N3/c1-12-10-18-7-6-16(12)19-11-14-5-3-2-4-13(14)8-15(19)9-17/h2-7,10,15H,8-9,11,17H2,1H3. The van der Waals surface area contributed by atoms with Crippen molar-refractivity contribution < 1.29 is 0 Å². The maximum atomic E-state index is 5.98. The van der Waals surface area contributed by atoms with Crippen molar-refractivity contribution in [1.29, 1.82) is 0 Å². The number of rotatable bonds is 2. The van der Waals surface area contributed by atoms with Gasteiger partial charge in [0.25, 0.3) is 0 Å². The van der Waals surface area contributed by atoms with E-state index in [-0.39, 0.29) is 0 Å². The predicted octanol–water partition coefficient (Wildman–Crippen LogP) is 2.28. The summed E-state index contributed by atoms with van der Waals surface area (Å²) in [5.74, 6) is 0. The third-order valence-electron chi connectivity index (χ3n) is 3.93. The van der Waals surface area contributed by atoms with Gasteiger partial charge in [0.05, 0.1) is 0 Å². The van der Waals surface area contributed by atoms with Gasteiger partial charge in [-0.05, 0) is 36.1 Å². The predicted molar refractivity (Wildman–Crippen MR) is 78.1 cm³/mol. The molecule has 0 saturated heterocycles. The summed E-state index contributed by atoms with van der Waals surface area (Å²) in [5.41, 5.74) is 11.3. The average molecular weight is 253 g/mol. The molecule has 98 valence electrons. The van der Waals surface area contributed by atoms with Crippen molar-refractivity contribution in [3.8, 4) is 0 Å². The van der Waals surface area contributed by atoms with Gasteiger partial charge in [-0.15, -0.1) is 0 Å². The van der Waals surface area contributed by atoms with Gasteiger partial charge in [0, 0.05) is 37.2 Å². The summed E-state index contributed by atoms with van der Waals surface area (Å²) >= 11 is 0. The van der Waals surface area contributed by atoms with Gasteiger partial charge in [-0.1, -0.05) is 24.3 Å². The molecule has 1 atom stereocenters. The highest BCUT2D eigenvalue weighted by molar-refractivity contribution is 5.55. The zero-order valence-corrected chi connectivity index (χ0v) is 11.2. The maximum Gasteiger partial charge on any atom is 0.0456 e. The van der Waals surface area contributed by atoms with E-state index in [0.29, 0.717) is 12.6 Å². The summed E-state index contributed by atoms with van der Waals surface area (Å²) in [6.45, 7) is 3.72. The number of hydrogen-bond acceptors (Lipinski definition) is 3. The van der Waals surface area contributed by atoms with Crippen molar-refractivity contribution in [2.45, 2.75) is 25.9 Å². The zero-order chi connectivity index (χ0) is 13.2. The van der Waals surface area contributed by atoms with Crippen LogP contribution in [-0.4, -0.2) is 17.6 Å². The molecule has 2 heterocycles. The minimum absolute atomic E-state index is 0.371. The zero-order valence-electron chi connectivity index (χ0n) is 11.2. The molecule has 19 heavy (non-hydrogen) atoms. The number of aryl methyl sites for hydroxylation is 1. The lowest BCUT2D eigenvalue weighted by atomic mass is 9.93. The second-order valence-corrected chi connectivity index (χ2v) is 5.15. The fraction of sp³-hybridized carbons (Fsp3) is 0.312. The lowest BCUT2D eigenvalue weighted by Crippen LogP contribution is -2.45. The second kappa shape index (κ2) is 5.02. The Labute approximate surface area is 114 Å². The number of nitrogens with zero attached hydrogens (tertiary/aromatic N) is 2. The van der Waals surface area contributed by atoms with Crippen LogP contribution in [0.1, 0.15) is 16.7 Å². The minimum Gasteiger partial charge on any atom is -0.362 e. The van der Waals surface area contributed by atoms with Crippen molar-refractivity contribution in [2.75, 3.05) is 11.4 Å². The molecule has 0 bridgehead atoms. The molecule has 3 nitrogen and oxygen atoms in total. The minimum atomic E-state index is 0.371. The summed E-state index contributed by atoms with van der Waals surface area (Å²) in [6.07, 6.45) is 4.80. The Morgan fingerprint density at radius 1 is 1.26 bits per heavy atom. The van der Waals surface area contributed by atoms with Gasteiger partial charge in [-0.3, -0.25) is 4.98 Å². The molecule has 0 fully saturated rings. The molecule has 3 heteroatoms. The normalized spacial score (nSPS) is 18.2. The van der Waals surface area contributed by atoms with Gasteiger partial charge in [0.15, 0.2) is 0 Å². The van der Waals surface area contributed by atoms with Gasteiger partial charge < -0.3 is 10.6 Å². The Kier molecular flexibility index (Phi) is 3.22. The first-order valence-corrected chi connectivity index (χ1v) is 6.73. The van der Waals surface area contributed by atoms with Crippen LogP contribution in [0.5, 0.6) is 0 Å². The Hall–Kier alpha value is -1.87. The van der Waals surface area contributed by atoms with Crippen molar-refractivity contribution in [2.24, 2.45) is 5.73 Å². The van der Waals surface area contributed by atoms with Gasteiger partial charge in [-0.2, -0.15) is 0 Å². The van der Waals surface area contributed by atoms with Gasteiger partial charge in [0.1, 0.15) is 0 Å². The van der Waals surface area contributed by atoms with Gasteiger partial charge in [0.2, 0.25) is 0 Å². The van der Waals surface area contributed by atoms with E-state index in [2.05, 4.69) is 47.1 Å². The average Bonchev–Trinajstić information content (AvgIpc) is 2.46. The molecule has 2 aromatic rings. The molecular weight excluding hydrogens is 234 g/mol. The number of pyridine rings is 1. The van der Waals surface area contributed by atoms with Gasteiger partial charge >= 0.3 is 0 Å². The van der Waals surface area contributed by atoms with Crippen LogP contribution < -0.4 is 10.6 Å². The Morgan fingerprint density at radius 2 is 2.05 bits per heavy atom. The van der Waals surface area contributed by atoms with E-state index in [9.17, 15) is 0 Å². The SMILES string of the molecule is Cc1cnccc1N1Cc2ccccc2CC1CN. The number of hydrogen-bond donors (Lipinski definition) is 1. The Balaban J connectivity index is 2.00. The topological polar surface area (TPSA) is 42.2 Å². The first-order valence-electron chi connectivity index (χ1n) is 6.73. The highest BCUT2D eigenvalue weighted by Gasteiger charge is 2.25. The van der Waals surface area contributed by atoms with E-state index in [1.807, 2.05) is 12.4 Å². The molecule has 0 spiro atoms. The number of nitrogens with two attached hydrogens (primary N) is 1. The lowest BCUT2D eigenvalue weighted by Gasteiger charge is -2.38. The summed E-state index contributed by atoms with van der Waals surface area (Å²) in [4.78, 5) is 6.59. The molecule has 1 unspecified atom stereocenters. The van der Waals surface area contributed by atoms with Crippen LogP contribution in [0.25, 0.3) is 0 Å². The van der Waals surface area contributed by atoms with E-state index >= 15 is 0 Å². The van der Waals surface area contributed by atoms with E-state index in [1.165, 1.54) is 22.4 Å². The number of aromatic nitrogens is 1. The molecule has 1 aromatic heterocycles. The largest absolute Gasteiger partial charge is 0.362 e. The highest BCUT2D eigenvalue weighted by Crippen LogP contribution is 2.29. The quantitative estimate of drug-likeness (QED) is 0.893. The van der Waals surface area contributed by atoms with Crippen LogP contribution in [0.2, 0.25) is 0 Å². The summed E-state index contributed by atoms with van der Waals surface area (Å²) in [6, 6.07) is 11.1. The van der Waals surface area contributed by atoms with Crippen molar-refractivity contribution in [3.05, 3.63) is 59.4 Å². The smallest absolute Gasteiger partial charge is 0.0456 e. The molecule has 0 aliphatic carbocycles. The number of benzene rings is 1. The number of fused-ring (bicyclic) bond motifs is 1. The number of anilines is 1. The van der Waals surface area contributed by atoms with Crippen LogP contribution in [0, 0.1) is 6.92 Å². The fourth-order valence-electron chi connectivity index (χ4n) is 2.87. The van der Waals surface area contributed by atoms with Gasteiger partial charge in [-0.25, -0.2) is 0 Å². The van der Waals surface area contributed by atoms with Crippen LogP contribution in [0.4, 0.5) is 5.69 Å². The fourth-order valence-corrected chi connectivity index (χ4v) is 2.87. The molecule has 3 rings (SSSR count). The Bertz CT molecular complexity index is 580. The first-order chi connectivity index (χ1) is 9.29. The monoisotopic (exact) mass is 253 g/mol. The van der Waals surface area contributed by atoms with E-state index in [0.717, 1.165) is 13.0 Å². The summed E-state index contributed by atoms with van der Waals surface area (Å²) in [7, 11) is 0. The second-order valence-electron chi connectivity index (χ2n) is 5.15. The highest BCUT2D eigenvalue weighted by atomic mass is 15.2. The molecule has 0 saturated carbocycles. The van der Waals surface area contributed by atoms with E-state index in [1.54, 1.807) is 0 Å². The first kappa shape index (κ1) is 12.2. The third-order valence-corrected chi connectivity index (χ3v) is 3.93. The molecule has 1 aliphatic rings. The van der Waals surface area contributed by atoms with Crippen molar-refractivity contribution in [1.82, 2.24) is 4.98 Å². The molecule has 2 N–H and O–H groups in total. The third kappa shape index (κ3) is 2.22. The Morgan fingerprint density at radius 3 is 2.79 bits per heavy atom. The van der Waals surface area contributed by atoms with E-state index < -0.39 is 0 Å². The molecular formula is C16H19N3. The molecule has 0 amide bonds. The maximum absolute atomic E-state index is 5.98. The van der Waals surface area contributed by atoms with Crippen LogP contribution in [0.3, 0.4) is 0 Å². The van der Waals surface area contributed by atoms with Crippen LogP contribution in [0.15, 0.2) is 42.7 Å². The molecule has 1 aromatic carbocycles. The van der Waals surface area contributed by atoms with Crippen LogP contribution >= 0.6 is 0 Å². The molecule has 0 radical (unpaired) electrons. The summed E-state index contributed by atoms with van der Waals surface area (Å²) < 4.78 is 0. The van der Waals surface area contributed by atoms with Crippen LogP contribution in [-0.2, 0) is 13.0 Å². The summed E-state index contributed by atoms with van der Waals surface area (Å²) in [5, 5.41) is 0. The van der Waals surface area contributed by atoms with E-state index in [4.69, 9.17) is 5.73 Å². The van der Waals surface area contributed by atoms with Crippen molar-refractivity contribution >= 4 is 5.69 Å². The lowest BCUT2D eigenvalue weighted by molar-refractivity contribution is 0.560.